The van der Waals surface area contributed by atoms with Gasteiger partial charge in [-0.05, 0) is 55.9 Å². The molecular weight excluding hydrogens is 588 g/mol. The molecule has 6 atom stereocenters. The Labute approximate surface area is 270 Å². The molecule has 6 amide bonds. The lowest BCUT2D eigenvalue weighted by molar-refractivity contribution is -0.143. The van der Waals surface area contributed by atoms with Crippen LogP contribution in [0.4, 0.5) is 0 Å². The van der Waals surface area contributed by atoms with Crippen molar-refractivity contribution in [1.29, 1.82) is 0 Å². The molecule has 1 fully saturated rings. The predicted molar refractivity (Wildman–Crippen MR) is 172 cm³/mol. The molecule has 0 aromatic heterocycles. The van der Waals surface area contributed by atoms with Crippen LogP contribution in [0.1, 0.15) is 71.8 Å². The van der Waals surface area contributed by atoms with Crippen molar-refractivity contribution < 1.29 is 28.8 Å². The quantitative estimate of drug-likeness (QED) is 0.294. The summed E-state index contributed by atoms with van der Waals surface area (Å²) in [5.41, 5.74) is 0.799. The number of amides is 6. The molecule has 2 bridgehead atoms. The highest BCUT2D eigenvalue weighted by molar-refractivity contribution is 5.98. The summed E-state index contributed by atoms with van der Waals surface area (Å²) in [6.45, 7) is 8.02. The average Bonchev–Trinajstić information content (AvgIpc) is 3.50. The number of hydrogen-bond acceptors (Lipinski definition) is 6. The molecule has 46 heavy (non-hydrogen) atoms. The maximum atomic E-state index is 14.0. The van der Waals surface area contributed by atoms with E-state index in [4.69, 9.17) is 0 Å². The van der Waals surface area contributed by atoms with E-state index < -0.39 is 71.7 Å². The summed E-state index contributed by atoms with van der Waals surface area (Å²) < 4.78 is 0. The minimum Gasteiger partial charge on any atom is -0.343 e. The van der Waals surface area contributed by atoms with E-state index in [-0.39, 0.29) is 37.5 Å². The zero-order chi connectivity index (χ0) is 33.4. The zero-order valence-corrected chi connectivity index (χ0v) is 27.2. The molecule has 0 aliphatic carbocycles. The van der Waals surface area contributed by atoms with Crippen molar-refractivity contribution >= 4 is 35.4 Å². The van der Waals surface area contributed by atoms with Crippen molar-refractivity contribution in [1.82, 2.24) is 31.5 Å². The normalized spacial score (nSPS) is 29.0. The van der Waals surface area contributed by atoms with Crippen LogP contribution in [-0.4, -0.2) is 83.1 Å². The van der Waals surface area contributed by atoms with Crippen LogP contribution in [0.25, 0.3) is 0 Å². The summed E-state index contributed by atoms with van der Waals surface area (Å²) in [6.07, 6.45) is 5.35. The molecule has 250 valence electrons. The van der Waals surface area contributed by atoms with Gasteiger partial charge in [0.15, 0.2) is 0 Å². The molecule has 1 aromatic carbocycles. The van der Waals surface area contributed by atoms with Crippen molar-refractivity contribution in [2.45, 2.75) is 109 Å². The lowest BCUT2D eigenvalue weighted by atomic mass is 9.99. The SMILES string of the molecule is CC(C)C[C@@H]1NC(=O)[C@@H]2C/C=C\C[C@H](NC(=O)C(Cc3ccccc3)NC1=O)C(=O)N1CCC[C@H]1C(=O)N[C@@H](CC(C)C)C(=O)N2. The van der Waals surface area contributed by atoms with Crippen molar-refractivity contribution in [3.8, 4) is 0 Å². The van der Waals surface area contributed by atoms with Gasteiger partial charge in [-0.15, -0.1) is 0 Å². The zero-order valence-electron chi connectivity index (χ0n) is 27.2. The van der Waals surface area contributed by atoms with E-state index in [0.717, 1.165) is 5.56 Å². The second-order valence-electron chi connectivity index (χ2n) is 13.4. The van der Waals surface area contributed by atoms with Crippen LogP contribution in [0.15, 0.2) is 42.5 Å². The second-order valence-corrected chi connectivity index (χ2v) is 13.4. The lowest BCUT2D eigenvalue weighted by Crippen LogP contribution is -2.61. The van der Waals surface area contributed by atoms with E-state index >= 15 is 0 Å². The number of nitrogens with zero attached hydrogens (tertiary/aromatic N) is 1. The fourth-order valence-corrected chi connectivity index (χ4v) is 6.24. The van der Waals surface area contributed by atoms with Crippen molar-refractivity contribution in [2.24, 2.45) is 11.8 Å². The molecule has 1 saturated heterocycles. The van der Waals surface area contributed by atoms with Crippen LogP contribution in [0.5, 0.6) is 0 Å². The molecule has 0 saturated carbocycles. The Morgan fingerprint density at radius 2 is 1.17 bits per heavy atom. The van der Waals surface area contributed by atoms with Gasteiger partial charge >= 0.3 is 0 Å². The number of nitrogens with one attached hydrogen (secondary N) is 5. The first-order valence-corrected chi connectivity index (χ1v) is 16.4. The van der Waals surface area contributed by atoms with Crippen LogP contribution in [0.3, 0.4) is 0 Å². The molecular formula is C34H48N6O6. The number of rotatable bonds is 6. The minimum atomic E-state index is -1.05. The molecule has 12 nitrogen and oxygen atoms in total. The summed E-state index contributed by atoms with van der Waals surface area (Å²) >= 11 is 0. The molecule has 5 N–H and O–H groups in total. The Hall–Kier alpha value is -4.22. The molecule has 0 spiro atoms. The summed E-state index contributed by atoms with van der Waals surface area (Å²) in [6, 6.07) is 3.36. The first-order valence-electron chi connectivity index (χ1n) is 16.4. The van der Waals surface area contributed by atoms with Gasteiger partial charge in [0.05, 0.1) is 0 Å². The van der Waals surface area contributed by atoms with E-state index in [2.05, 4.69) is 26.6 Å². The Morgan fingerprint density at radius 1 is 0.652 bits per heavy atom. The number of hydrogen-bond donors (Lipinski definition) is 5. The lowest BCUT2D eigenvalue weighted by Gasteiger charge is -2.32. The Kier molecular flexibility index (Phi) is 11.9. The number of fused-ring (bicyclic) bond motifs is 5. The standard InChI is InChI=1S/C34H48N6O6/c1-20(2)17-25-31(43)38-27(19-22-11-6-5-7-12-22)32(44)36-24-14-9-8-13-23(29(41)37-25)35-30(42)26(18-21(3)4)39-33(45)28-15-10-16-40(28)34(24)46/h5-9,11-12,20-21,23-28H,10,13-19H2,1-4H3,(H,35,42)(H,36,44)(H,37,41)(H,38,43)(H,39,45)/b9-8-/t23-,24-,25-,26-,27?,28-/m0/s1. The van der Waals surface area contributed by atoms with Crippen LogP contribution < -0.4 is 26.6 Å². The van der Waals surface area contributed by atoms with Gasteiger partial charge in [0.2, 0.25) is 35.4 Å². The third kappa shape index (κ3) is 9.17. The van der Waals surface area contributed by atoms with Gasteiger partial charge in [0.1, 0.15) is 36.3 Å². The molecule has 1 aromatic rings. The second kappa shape index (κ2) is 15.9. The molecule has 4 rings (SSSR count). The van der Waals surface area contributed by atoms with E-state index in [9.17, 15) is 28.8 Å². The topological polar surface area (TPSA) is 166 Å². The Bertz CT molecular complexity index is 1310. The van der Waals surface area contributed by atoms with Crippen molar-refractivity contribution in [2.75, 3.05) is 6.54 Å². The first kappa shape index (κ1) is 34.6. The van der Waals surface area contributed by atoms with Crippen LogP contribution in [-0.2, 0) is 35.2 Å². The third-order valence-corrected chi connectivity index (χ3v) is 8.59. The van der Waals surface area contributed by atoms with Crippen molar-refractivity contribution in [3.63, 3.8) is 0 Å². The minimum absolute atomic E-state index is 0.0168. The fraction of sp³-hybridized carbons (Fsp3) is 0.588. The molecule has 12 heteroatoms. The largest absolute Gasteiger partial charge is 0.343 e. The third-order valence-electron chi connectivity index (χ3n) is 8.59. The Morgan fingerprint density at radius 3 is 1.80 bits per heavy atom. The summed E-state index contributed by atoms with van der Waals surface area (Å²) in [5.74, 6) is -2.95. The highest BCUT2D eigenvalue weighted by atomic mass is 16.2. The highest BCUT2D eigenvalue weighted by Crippen LogP contribution is 2.21. The van der Waals surface area contributed by atoms with Gasteiger partial charge in [-0.1, -0.05) is 70.2 Å². The van der Waals surface area contributed by atoms with E-state index in [1.165, 1.54) is 4.90 Å². The highest BCUT2D eigenvalue weighted by Gasteiger charge is 2.40. The molecule has 3 heterocycles. The Balaban J connectivity index is 1.77. The van der Waals surface area contributed by atoms with Crippen LogP contribution >= 0.6 is 0 Å². The van der Waals surface area contributed by atoms with E-state index in [1.807, 2.05) is 58.0 Å². The van der Waals surface area contributed by atoms with Crippen LogP contribution in [0.2, 0.25) is 0 Å². The molecule has 3 aliphatic heterocycles. The van der Waals surface area contributed by atoms with Gasteiger partial charge in [-0.2, -0.15) is 0 Å². The van der Waals surface area contributed by atoms with Crippen molar-refractivity contribution in [3.05, 3.63) is 48.0 Å². The maximum Gasteiger partial charge on any atom is 0.246 e. The number of carbonyl (C=O) groups excluding carboxylic acids is 6. The van der Waals surface area contributed by atoms with Crippen LogP contribution in [0, 0.1) is 11.8 Å². The number of benzene rings is 1. The average molecular weight is 637 g/mol. The maximum absolute atomic E-state index is 14.0. The fourth-order valence-electron chi connectivity index (χ4n) is 6.24. The van der Waals surface area contributed by atoms with Gasteiger partial charge in [-0.25, -0.2) is 0 Å². The van der Waals surface area contributed by atoms with Gasteiger partial charge in [-0.3, -0.25) is 28.8 Å². The monoisotopic (exact) mass is 636 g/mol. The summed E-state index contributed by atoms with van der Waals surface area (Å²) in [7, 11) is 0. The molecule has 3 aliphatic rings. The number of carbonyl (C=O) groups is 6. The van der Waals surface area contributed by atoms with Gasteiger partial charge in [0, 0.05) is 13.0 Å². The van der Waals surface area contributed by atoms with Gasteiger partial charge < -0.3 is 31.5 Å². The van der Waals surface area contributed by atoms with E-state index in [1.54, 1.807) is 12.2 Å². The predicted octanol–water partition coefficient (Wildman–Crippen LogP) is 1.10. The summed E-state index contributed by atoms with van der Waals surface area (Å²) in [4.78, 5) is 84.1. The van der Waals surface area contributed by atoms with E-state index in [0.29, 0.717) is 25.8 Å². The molecule has 1 unspecified atom stereocenters. The smallest absolute Gasteiger partial charge is 0.246 e. The van der Waals surface area contributed by atoms with Gasteiger partial charge in [0.25, 0.3) is 0 Å². The first-order chi connectivity index (χ1) is 21.9. The molecule has 0 radical (unpaired) electrons. The summed E-state index contributed by atoms with van der Waals surface area (Å²) in [5, 5.41) is 14.2.